The van der Waals surface area contributed by atoms with Crippen molar-refractivity contribution >= 4 is 17.6 Å². The fourth-order valence-corrected chi connectivity index (χ4v) is 2.31. The molecule has 1 aromatic rings. The minimum absolute atomic E-state index is 0.838. The van der Waals surface area contributed by atoms with Crippen molar-refractivity contribution in [2.75, 3.05) is 13.1 Å². The lowest BCUT2D eigenvalue weighted by atomic mass is 10.2. The molecule has 0 bridgehead atoms. The van der Waals surface area contributed by atoms with E-state index < -0.39 is 0 Å². The van der Waals surface area contributed by atoms with Gasteiger partial charge in [0, 0.05) is 11.4 Å². The summed E-state index contributed by atoms with van der Waals surface area (Å²) in [4.78, 5) is 15.0. The molecule has 1 heterocycles. The molecule has 0 N–H and O–H groups in total. The van der Waals surface area contributed by atoms with Gasteiger partial charge < -0.3 is 0 Å². The zero-order valence-electron chi connectivity index (χ0n) is 9.04. The minimum Gasteiger partial charge on any atom is -0.300 e. The van der Waals surface area contributed by atoms with Gasteiger partial charge in [0.25, 0.3) is 0 Å². The zero-order valence-corrected chi connectivity index (χ0v) is 9.86. The molecule has 78 valence electrons. The molecule has 1 rings (SSSR count). The molecular formula is C11H17NOS. The number of thiophene rings is 1. The number of aryl methyl sites for hydroxylation is 1. The number of aldehydes is 1. The highest BCUT2D eigenvalue weighted by Gasteiger charge is 2.07. The van der Waals surface area contributed by atoms with Gasteiger partial charge in [0.05, 0.1) is 4.88 Å². The van der Waals surface area contributed by atoms with Gasteiger partial charge in [-0.1, -0.05) is 13.8 Å². The van der Waals surface area contributed by atoms with Crippen LogP contribution in [0.15, 0.2) is 6.07 Å². The SMILES string of the molecule is CCN(CC)Cc1cc(C=O)sc1C. The summed E-state index contributed by atoms with van der Waals surface area (Å²) in [5.41, 5.74) is 1.29. The van der Waals surface area contributed by atoms with Crippen LogP contribution in [0.5, 0.6) is 0 Å². The Hall–Kier alpha value is -0.670. The summed E-state index contributed by atoms with van der Waals surface area (Å²) in [6, 6.07) is 2.01. The van der Waals surface area contributed by atoms with Crippen molar-refractivity contribution in [3.63, 3.8) is 0 Å². The highest BCUT2D eigenvalue weighted by molar-refractivity contribution is 7.13. The molecule has 0 fully saturated rings. The Morgan fingerprint density at radius 2 is 2.07 bits per heavy atom. The first-order valence-corrected chi connectivity index (χ1v) is 5.79. The summed E-state index contributed by atoms with van der Waals surface area (Å²) in [7, 11) is 0. The van der Waals surface area contributed by atoms with Gasteiger partial charge in [0.1, 0.15) is 0 Å². The van der Waals surface area contributed by atoms with Crippen molar-refractivity contribution in [3.05, 3.63) is 21.4 Å². The minimum atomic E-state index is 0.838. The highest BCUT2D eigenvalue weighted by atomic mass is 32.1. The van der Waals surface area contributed by atoms with Gasteiger partial charge in [-0.3, -0.25) is 9.69 Å². The lowest BCUT2D eigenvalue weighted by molar-refractivity contribution is 0.112. The maximum absolute atomic E-state index is 10.6. The smallest absolute Gasteiger partial charge is 0.160 e. The predicted octanol–water partition coefficient (Wildman–Crippen LogP) is 2.71. The third kappa shape index (κ3) is 2.66. The lowest BCUT2D eigenvalue weighted by Gasteiger charge is -2.17. The topological polar surface area (TPSA) is 20.3 Å². The number of hydrogen-bond acceptors (Lipinski definition) is 3. The van der Waals surface area contributed by atoms with Crippen LogP contribution in [-0.2, 0) is 6.54 Å². The largest absolute Gasteiger partial charge is 0.300 e. The Bertz CT molecular complexity index is 302. The first-order valence-electron chi connectivity index (χ1n) is 4.98. The standard InChI is InChI=1S/C11H17NOS/c1-4-12(5-2)7-10-6-11(8-13)14-9(10)3/h6,8H,4-5,7H2,1-3H3. The molecule has 3 heteroatoms. The van der Waals surface area contributed by atoms with Gasteiger partial charge in [-0.25, -0.2) is 0 Å². The Kier molecular flexibility index (Phi) is 4.29. The summed E-state index contributed by atoms with van der Waals surface area (Å²) < 4.78 is 0. The number of rotatable bonds is 5. The molecule has 0 aliphatic heterocycles. The van der Waals surface area contributed by atoms with Gasteiger partial charge in [-0.15, -0.1) is 11.3 Å². The van der Waals surface area contributed by atoms with Crippen LogP contribution in [0.1, 0.15) is 34.0 Å². The Morgan fingerprint density at radius 1 is 1.43 bits per heavy atom. The van der Waals surface area contributed by atoms with Crippen molar-refractivity contribution in [2.24, 2.45) is 0 Å². The van der Waals surface area contributed by atoms with Crippen LogP contribution >= 0.6 is 11.3 Å². The van der Waals surface area contributed by atoms with Crippen LogP contribution in [0.4, 0.5) is 0 Å². The molecule has 0 atom stereocenters. The molecule has 1 aromatic heterocycles. The van der Waals surface area contributed by atoms with E-state index in [2.05, 4.69) is 25.7 Å². The monoisotopic (exact) mass is 211 g/mol. The summed E-state index contributed by atoms with van der Waals surface area (Å²) in [5, 5.41) is 0. The molecule has 0 saturated carbocycles. The molecule has 14 heavy (non-hydrogen) atoms. The van der Waals surface area contributed by atoms with E-state index in [1.807, 2.05) is 6.07 Å². The summed E-state index contributed by atoms with van der Waals surface area (Å²) >= 11 is 1.58. The highest BCUT2D eigenvalue weighted by Crippen LogP contribution is 2.21. The molecule has 0 aliphatic carbocycles. The van der Waals surface area contributed by atoms with E-state index >= 15 is 0 Å². The third-order valence-electron chi connectivity index (χ3n) is 2.44. The normalized spacial score (nSPS) is 10.9. The maximum Gasteiger partial charge on any atom is 0.160 e. The van der Waals surface area contributed by atoms with Gasteiger partial charge in [0.2, 0.25) is 0 Å². The first-order chi connectivity index (χ1) is 6.71. The van der Waals surface area contributed by atoms with Gasteiger partial charge in [0.15, 0.2) is 6.29 Å². The molecular weight excluding hydrogens is 194 g/mol. The third-order valence-corrected chi connectivity index (χ3v) is 3.46. The zero-order chi connectivity index (χ0) is 10.6. The van der Waals surface area contributed by atoms with Crippen LogP contribution in [0.25, 0.3) is 0 Å². The number of carbonyl (C=O) groups is 1. The van der Waals surface area contributed by atoms with Crippen molar-refractivity contribution in [3.8, 4) is 0 Å². The average Bonchev–Trinajstić information content (AvgIpc) is 2.56. The quantitative estimate of drug-likeness (QED) is 0.698. The average molecular weight is 211 g/mol. The van der Waals surface area contributed by atoms with E-state index in [4.69, 9.17) is 0 Å². The molecule has 0 radical (unpaired) electrons. The molecule has 0 amide bonds. The van der Waals surface area contributed by atoms with Crippen LogP contribution in [-0.4, -0.2) is 24.3 Å². The van der Waals surface area contributed by atoms with E-state index in [1.165, 1.54) is 10.4 Å². The van der Waals surface area contributed by atoms with E-state index in [1.54, 1.807) is 11.3 Å². The molecule has 0 saturated heterocycles. The fourth-order valence-electron chi connectivity index (χ4n) is 1.45. The van der Waals surface area contributed by atoms with Crippen molar-refractivity contribution in [1.82, 2.24) is 4.90 Å². The summed E-state index contributed by atoms with van der Waals surface area (Å²) in [6.07, 6.45) is 0.934. The number of hydrogen-bond donors (Lipinski definition) is 0. The van der Waals surface area contributed by atoms with E-state index in [-0.39, 0.29) is 0 Å². The second-order valence-corrected chi connectivity index (χ2v) is 4.60. The molecule has 0 aliphatic rings. The molecule has 0 unspecified atom stereocenters. The Morgan fingerprint density at radius 3 is 2.50 bits per heavy atom. The Labute approximate surface area is 89.5 Å². The molecule has 0 aromatic carbocycles. The number of carbonyl (C=O) groups excluding carboxylic acids is 1. The number of nitrogens with zero attached hydrogens (tertiary/aromatic N) is 1. The Balaban J connectivity index is 2.74. The van der Waals surface area contributed by atoms with Crippen LogP contribution in [0.2, 0.25) is 0 Å². The van der Waals surface area contributed by atoms with Crippen LogP contribution in [0.3, 0.4) is 0 Å². The summed E-state index contributed by atoms with van der Waals surface area (Å²) in [5.74, 6) is 0. The first kappa shape index (κ1) is 11.4. The van der Waals surface area contributed by atoms with Crippen LogP contribution < -0.4 is 0 Å². The second kappa shape index (κ2) is 5.27. The van der Waals surface area contributed by atoms with E-state index in [9.17, 15) is 4.79 Å². The van der Waals surface area contributed by atoms with E-state index in [0.717, 1.165) is 30.8 Å². The van der Waals surface area contributed by atoms with Crippen molar-refractivity contribution < 1.29 is 4.79 Å². The van der Waals surface area contributed by atoms with E-state index in [0.29, 0.717) is 0 Å². The lowest BCUT2D eigenvalue weighted by Crippen LogP contribution is -2.22. The van der Waals surface area contributed by atoms with Gasteiger partial charge in [-0.2, -0.15) is 0 Å². The fraction of sp³-hybridized carbons (Fsp3) is 0.545. The van der Waals surface area contributed by atoms with Crippen LogP contribution in [0, 0.1) is 6.92 Å². The van der Waals surface area contributed by atoms with Gasteiger partial charge >= 0.3 is 0 Å². The van der Waals surface area contributed by atoms with Crippen molar-refractivity contribution in [1.29, 1.82) is 0 Å². The van der Waals surface area contributed by atoms with Gasteiger partial charge in [-0.05, 0) is 31.6 Å². The maximum atomic E-state index is 10.6. The van der Waals surface area contributed by atoms with Crippen molar-refractivity contribution in [2.45, 2.75) is 27.3 Å². The molecule has 2 nitrogen and oxygen atoms in total. The molecule has 0 spiro atoms. The second-order valence-electron chi connectivity index (χ2n) is 3.31. The summed E-state index contributed by atoms with van der Waals surface area (Å²) in [6.45, 7) is 9.47. The predicted molar refractivity (Wildman–Crippen MR) is 61.1 cm³/mol.